The predicted octanol–water partition coefficient (Wildman–Crippen LogP) is 2.34. The van der Waals surface area contributed by atoms with Gasteiger partial charge in [0.1, 0.15) is 5.82 Å². The average Bonchev–Trinajstić information content (AvgIpc) is 3.04. The maximum absolute atomic E-state index is 13.1. The number of para-hydroxylation sites is 1. The summed E-state index contributed by atoms with van der Waals surface area (Å²) in [5.74, 6) is -0.687. The van der Waals surface area contributed by atoms with Gasteiger partial charge >= 0.3 is 0 Å². The van der Waals surface area contributed by atoms with Gasteiger partial charge in [0.25, 0.3) is 5.91 Å². The standard InChI is InChI=1S/C16H13FN4O/c17-13-6-4-5-12(9-13)10-18-16(22)15-11-19-21(20-15)14-7-2-1-3-8-14/h1-9,11H,10H2,(H,18,22). The third kappa shape index (κ3) is 3.17. The van der Waals surface area contributed by atoms with Crippen molar-refractivity contribution in [2.24, 2.45) is 0 Å². The summed E-state index contributed by atoms with van der Waals surface area (Å²) in [7, 11) is 0. The largest absolute Gasteiger partial charge is 0.347 e. The summed E-state index contributed by atoms with van der Waals surface area (Å²) in [6.07, 6.45) is 1.40. The molecule has 0 aliphatic carbocycles. The molecule has 1 heterocycles. The van der Waals surface area contributed by atoms with Crippen LogP contribution in [-0.2, 0) is 6.54 Å². The maximum Gasteiger partial charge on any atom is 0.273 e. The van der Waals surface area contributed by atoms with Crippen molar-refractivity contribution in [3.63, 3.8) is 0 Å². The lowest BCUT2D eigenvalue weighted by Crippen LogP contribution is -2.23. The molecule has 0 radical (unpaired) electrons. The molecule has 1 aromatic heterocycles. The topological polar surface area (TPSA) is 59.8 Å². The normalized spacial score (nSPS) is 10.4. The molecule has 0 aliphatic rings. The molecule has 0 aliphatic heterocycles. The van der Waals surface area contributed by atoms with Crippen LogP contribution in [0, 0.1) is 5.82 Å². The summed E-state index contributed by atoms with van der Waals surface area (Å²) < 4.78 is 13.1. The highest BCUT2D eigenvalue weighted by atomic mass is 19.1. The summed E-state index contributed by atoms with van der Waals surface area (Å²) in [4.78, 5) is 13.4. The lowest BCUT2D eigenvalue weighted by Gasteiger charge is -2.03. The molecule has 3 rings (SSSR count). The Kier molecular flexibility index (Phi) is 3.91. The zero-order chi connectivity index (χ0) is 15.4. The Morgan fingerprint density at radius 3 is 2.73 bits per heavy atom. The van der Waals surface area contributed by atoms with E-state index < -0.39 is 0 Å². The third-order valence-corrected chi connectivity index (χ3v) is 3.05. The van der Waals surface area contributed by atoms with Gasteiger partial charge < -0.3 is 5.32 Å². The number of amides is 1. The van der Waals surface area contributed by atoms with Gasteiger partial charge in [-0.2, -0.15) is 9.90 Å². The summed E-state index contributed by atoms with van der Waals surface area (Å²) in [6.45, 7) is 0.231. The highest BCUT2D eigenvalue weighted by molar-refractivity contribution is 5.91. The van der Waals surface area contributed by atoms with Crippen LogP contribution in [0.2, 0.25) is 0 Å². The van der Waals surface area contributed by atoms with Gasteiger partial charge in [0, 0.05) is 6.54 Å². The van der Waals surface area contributed by atoms with E-state index in [0.717, 1.165) is 5.69 Å². The van der Waals surface area contributed by atoms with Gasteiger partial charge in [-0.15, -0.1) is 5.10 Å². The Morgan fingerprint density at radius 2 is 1.95 bits per heavy atom. The van der Waals surface area contributed by atoms with E-state index in [2.05, 4.69) is 15.5 Å². The molecule has 0 saturated carbocycles. The predicted molar refractivity (Wildman–Crippen MR) is 78.9 cm³/mol. The van der Waals surface area contributed by atoms with Gasteiger partial charge in [0.05, 0.1) is 11.9 Å². The first-order valence-electron chi connectivity index (χ1n) is 6.73. The monoisotopic (exact) mass is 296 g/mol. The van der Waals surface area contributed by atoms with Crippen molar-refractivity contribution < 1.29 is 9.18 Å². The number of aromatic nitrogens is 3. The number of rotatable bonds is 4. The minimum Gasteiger partial charge on any atom is -0.347 e. The van der Waals surface area contributed by atoms with Crippen LogP contribution in [0.3, 0.4) is 0 Å². The van der Waals surface area contributed by atoms with Gasteiger partial charge in [0.2, 0.25) is 0 Å². The van der Waals surface area contributed by atoms with E-state index in [4.69, 9.17) is 0 Å². The van der Waals surface area contributed by atoms with Gasteiger partial charge in [-0.25, -0.2) is 4.39 Å². The number of carbonyl (C=O) groups is 1. The second-order valence-corrected chi connectivity index (χ2v) is 4.67. The second kappa shape index (κ2) is 6.17. The van der Waals surface area contributed by atoms with Crippen molar-refractivity contribution in [3.8, 4) is 5.69 Å². The summed E-state index contributed by atoms with van der Waals surface area (Å²) in [5, 5.41) is 10.9. The fraction of sp³-hybridized carbons (Fsp3) is 0.0625. The fourth-order valence-corrected chi connectivity index (χ4v) is 1.97. The molecule has 0 unspecified atom stereocenters. The average molecular weight is 296 g/mol. The van der Waals surface area contributed by atoms with Crippen molar-refractivity contribution in [1.29, 1.82) is 0 Å². The number of nitrogens with one attached hydrogen (secondary N) is 1. The first kappa shape index (κ1) is 13.9. The Morgan fingerprint density at radius 1 is 1.14 bits per heavy atom. The summed E-state index contributed by atoms with van der Waals surface area (Å²) in [5.41, 5.74) is 1.66. The zero-order valence-electron chi connectivity index (χ0n) is 11.6. The van der Waals surface area contributed by atoms with E-state index in [9.17, 15) is 9.18 Å². The number of halogens is 1. The van der Waals surface area contributed by atoms with Crippen LogP contribution in [0.5, 0.6) is 0 Å². The maximum atomic E-state index is 13.1. The minimum absolute atomic E-state index is 0.209. The van der Waals surface area contributed by atoms with Gasteiger partial charge in [-0.3, -0.25) is 4.79 Å². The Bertz CT molecular complexity index is 786. The third-order valence-electron chi connectivity index (χ3n) is 3.05. The lowest BCUT2D eigenvalue weighted by molar-refractivity contribution is 0.0945. The summed E-state index contributed by atoms with van der Waals surface area (Å²) >= 11 is 0. The van der Waals surface area contributed by atoms with Gasteiger partial charge in [0.15, 0.2) is 5.69 Å². The molecular formula is C16H13FN4O. The minimum atomic E-state index is -0.355. The quantitative estimate of drug-likeness (QED) is 0.804. The molecule has 5 nitrogen and oxygen atoms in total. The fourth-order valence-electron chi connectivity index (χ4n) is 1.97. The Labute approximate surface area is 126 Å². The number of hydrogen-bond acceptors (Lipinski definition) is 3. The SMILES string of the molecule is O=C(NCc1cccc(F)c1)c1cnn(-c2ccccc2)n1. The molecule has 0 spiro atoms. The molecular weight excluding hydrogens is 283 g/mol. The van der Waals surface area contributed by atoms with Crippen LogP contribution < -0.4 is 5.32 Å². The number of carbonyl (C=O) groups excluding carboxylic acids is 1. The van der Waals surface area contributed by atoms with Crippen molar-refractivity contribution in [1.82, 2.24) is 20.3 Å². The molecule has 0 fully saturated rings. The van der Waals surface area contributed by atoms with E-state index in [-0.39, 0.29) is 24.0 Å². The molecule has 1 N–H and O–H groups in total. The van der Waals surface area contributed by atoms with Crippen molar-refractivity contribution >= 4 is 5.91 Å². The molecule has 3 aromatic rings. The lowest BCUT2D eigenvalue weighted by atomic mass is 10.2. The highest BCUT2D eigenvalue weighted by Gasteiger charge is 2.11. The number of hydrogen-bond donors (Lipinski definition) is 1. The molecule has 110 valence electrons. The van der Waals surface area contributed by atoms with E-state index in [1.54, 1.807) is 12.1 Å². The number of nitrogens with zero attached hydrogens (tertiary/aromatic N) is 3. The molecule has 2 aromatic carbocycles. The van der Waals surface area contributed by atoms with Crippen molar-refractivity contribution in [3.05, 3.63) is 77.9 Å². The molecule has 6 heteroatoms. The smallest absolute Gasteiger partial charge is 0.273 e. The molecule has 0 bridgehead atoms. The molecule has 0 saturated heterocycles. The molecule has 1 amide bonds. The highest BCUT2D eigenvalue weighted by Crippen LogP contribution is 2.05. The molecule has 0 atom stereocenters. The van der Waals surface area contributed by atoms with Crippen LogP contribution in [0.25, 0.3) is 5.69 Å². The second-order valence-electron chi connectivity index (χ2n) is 4.67. The van der Waals surface area contributed by atoms with Crippen molar-refractivity contribution in [2.75, 3.05) is 0 Å². The summed E-state index contributed by atoms with van der Waals surface area (Å²) in [6, 6.07) is 15.4. The van der Waals surface area contributed by atoms with Gasteiger partial charge in [-0.1, -0.05) is 30.3 Å². The van der Waals surface area contributed by atoms with Gasteiger partial charge in [-0.05, 0) is 29.8 Å². The van der Waals surface area contributed by atoms with E-state index >= 15 is 0 Å². The number of benzene rings is 2. The van der Waals surface area contributed by atoms with E-state index in [1.807, 2.05) is 30.3 Å². The van der Waals surface area contributed by atoms with Crippen LogP contribution >= 0.6 is 0 Å². The Hall–Kier alpha value is -3.02. The molecule has 22 heavy (non-hydrogen) atoms. The Balaban J connectivity index is 1.67. The van der Waals surface area contributed by atoms with Crippen LogP contribution in [-0.4, -0.2) is 20.9 Å². The van der Waals surface area contributed by atoms with Crippen LogP contribution in [0.4, 0.5) is 4.39 Å². The van der Waals surface area contributed by atoms with Crippen molar-refractivity contribution in [2.45, 2.75) is 6.54 Å². The zero-order valence-corrected chi connectivity index (χ0v) is 11.6. The van der Waals surface area contributed by atoms with E-state index in [1.165, 1.54) is 23.1 Å². The first-order chi connectivity index (χ1) is 10.7. The van der Waals surface area contributed by atoms with Crippen LogP contribution in [0.1, 0.15) is 16.1 Å². The van der Waals surface area contributed by atoms with Crippen LogP contribution in [0.15, 0.2) is 60.8 Å². The first-order valence-corrected chi connectivity index (χ1v) is 6.73. The van der Waals surface area contributed by atoms with E-state index in [0.29, 0.717) is 5.56 Å².